The van der Waals surface area contributed by atoms with Crippen molar-refractivity contribution in [3.8, 4) is 0 Å². The molecule has 1 aromatic rings. The highest BCUT2D eigenvalue weighted by Crippen LogP contribution is 2.25. The van der Waals surface area contributed by atoms with Crippen LogP contribution in [0, 0.1) is 5.92 Å². The third kappa shape index (κ3) is 5.85. The molecule has 0 radical (unpaired) electrons. The van der Waals surface area contributed by atoms with Crippen LogP contribution in [0.4, 0.5) is 5.69 Å². The average Bonchev–Trinajstić information content (AvgIpc) is 2.55. The number of esters is 1. The fourth-order valence-corrected chi connectivity index (χ4v) is 3.62. The second-order valence-corrected chi connectivity index (χ2v) is 8.52. The highest BCUT2D eigenvalue weighted by molar-refractivity contribution is 7.88. The summed E-state index contributed by atoms with van der Waals surface area (Å²) in [7, 11) is -3.25. The van der Waals surface area contributed by atoms with Gasteiger partial charge in [0.25, 0.3) is 5.91 Å². The van der Waals surface area contributed by atoms with Crippen LogP contribution in [0.15, 0.2) is 18.2 Å². The first kappa shape index (κ1) is 20.0. The Labute approximate surface area is 156 Å². The van der Waals surface area contributed by atoms with Crippen LogP contribution in [0.25, 0.3) is 0 Å². The number of carbonyl (C=O) groups is 2. The molecule has 1 aliphatic heterocycles. The average molecular weight is 409 g/mol. The van der Waals surface area contributed by atoms with Crippen LogP contribution in [0.3, 0.4) is 0 Å². The largest absolute Gasteiger partial charge is 0.455 e. The summed E-state index contributed by atoms with van der Waals surface area (Å²) >= 11 is 11.6. The van der Waals surface area contributed by atoms with Gasteiger partial charge in [0.15, 0.2) is 6.61 Å². The molecule has 1 N–H and O–H groups in total. The molecule has 0 aliphatic carbocycles. The Bertz CT molecular complexity index is 761. The minimum absolute atomic E-state index is 0.272. The number of carbonyl (C=O) groups excluding carboxylic acids is 2. The first-order valence-electron chi connectivity index (χ1n) is 7.53. The number of hydrogen-bond donors (Lipinski definition) is 1. The van der Waals surface area contributed by atoms with Crippen LogP contribution in [0.2, 0.25) is 10.0 Å². The van der Waals surface area contributed by atoms with E-state index in [9.17, 15) is 18.0 Å². The van der Waals surface area contributed by atoms with Gasteiger partial charge in [-0.2, -0.15) is 0 Å². The van der Waals surface area contributed by atoms with Gasteiger partial charge in [-0.1, -0.05) is 23.2 Å². The number of piperidine rings is 1. The molecule has 0 aromatic heterocycles. The summed E-state index contributed by atoms with van der Waals surface area (Å²) in [5.41, 5.74) is 0.442. The highest BCUT2D eigenvalue weighted by atomic mass is 35.5. The molecule has 0 bridgehead atoms. The highest BCUT2D eigenvalue weighted by Gasteiger charge is 2.30. The predicted molar refractivity (Wildman–Crippen MR) is 95.2 cm³/mol. The van der Waals surface area contributed by atoms with Crippen LogP contribution < -0.4 is 5.32 Å². The summed E-state index contributed by atoms with van der Waals surface area (Å²) in [6, 6.07) is 4.61. The number of hydrogen-bond acceptors (Lipinski definition) is 5. The quantitative estimate of drug-likeness (QED) is 0.753. The van der Waals surface area contributed by atoms with Gasteiger partial charge in [-0.25, -0.2) is 12.7 Å². The lowest BCUT2D eigenvalue weighted by atomic mass is 9.98. The molecule has 1 heterocycles. The number of benzene rings is 1. The van der Waals surface area contributed by atoms with Gasteiger partial charge in [-0.05, 0) is 31.0 Å². The number of nitrogens with one attached hydrogen (secondary N) is 1. The van der Waals surface area contributed by atoms with E-state index in [4.69, 9.17) is 27.9 Å². The van der Waals surface area contributed by atoms with Crippen molar-refractivity contribution >= 4 is 50.8 Å². The van der Waals surface area contributed by atoms with E-state index in [2.05, 4.69) is 5.32 Å². The zero-order valence-electron chi connectivity index (χ0n) is 13.5. The van der Waals surface area contributed by atoms with Crippen LogP contribution in [-0.2, 0) is 24.3 Å². The van der Waals surface area contributed by atoms with Crippen molar-refractivity contribution in [2.24, 2.45) is 5.92 Å². The lowest BCUT2D eigenvalue weighted by Gasteiger charge is -2.28. The van der Waals surface area contributed by atoms with Crippen LogP contribution in [0.1, 0.15) is 12.8 Å². The number of anilines is 1. The lowest BCUT2D eigenvalue weighted by molar-refractivity contribution is -0.152. The van der Waals surface area contributed by atoms with E-state index in [0.29, 0.717) is 28.6 Å². The minimum atomic E-state index is -3.25. The molecular weight excluding hydrogens is 391 g/mol. The Balaban J connectivity index is 1.78. The molecule has 0 atom stereocenters. The summed E-state index contributed by atoms with van der Waals surface area (Å²) in [5.74, 6) is -1.41. The molecule has 1 saturated heterocycles. The van der Waals surface area contributed by atoms with E-state index in [1.165, 1.54) is 10.4 Å². The maximum Gasteiger partial charge on any atom is 0.309 e. The van der Waals surface area contributed by atoms with Crippen molar-refractivity contribution in [1.82, 2.24) is 4.31 Å². The molecule has 138 valence electrons. The molecule has 2 rings (SSSR count). The number of ether oxygens (including phenoxy) is 1. The number of rotatable bonds is 5. The van der Waals surface area contributed by atoms with Gasteiger partial charge in [-0.15, -0.1) is 0 Å². The molecule has 0 spiro atoms. The second kappa shape index (κ2) is 8.35. The Morgan fingerprint density at radius 1 is 1.24 bits per heavy atom. The van der Waals surface area contributed by atoms with Gasteiger partial charge >= 0.3 is 5.97 Å². The van der Waals surface area contributed by atoms with Crippen molar-refractivity contribution in [2.45, 2.75) is 12.8 Å². The van der Waals surface area contributed by atoms with Gasteiger partial charge in [0, 0.05) is 18.8 Å². The molecule has 0 saturated carbocycles. The lowest BCUT2D eigenvalue weighted by Crippen LogP contribution is -2.40. The third-order valence-electron chi connectivity index (χ3n) is 3.81. The Morgan fingerprint density at radius 3 is 2.44 bits per heavy atom. The third-order valence-corrected chi connectivity index (χ3v) is 5.85. The Hall–Kier alpha value is -1.35. The fourth-order valence-electron chi connectivity index (χ4n) is 2.45. The zero-order chi connectivity index (χ0) is 18.6. The van der Waals surface area contributed by atoms with Gasteiger partial charge in [-0.3, -0.25) is 9.59 Å². The monoisotopic (exact) mass is 408 g/mol. The molecule has 10 heteroatoms. The molecule has 7 nitrogen and oxygen atoms in total. The number of amides is 1. The van der Waals surface area contributed by atoms with Crippen molar-refractivity contribution in [3.05, 3.63) is 28.2 Å². The maximum absolute atomic E-state index is 12.0. The molecule has 1 fully saturated rings. The van der Waals surface area contributed by atoms with Crippen LogP contribution >= 0.6 is 23.2 Å². The number of halogens is 2. The second-order valence-electron chi connectivity index (χ2n) is 5.72. The van der Waals surface area contributed by atoms with E-state index in [-0.39, 0.29) is 13.1 Å². The summed E-state index contributed by atoms with van der Waals surface area (Å²) < 4.78 is 29.2. The van der Waals surface area contributed by atoms with Crippen molar-refractivity contribution in [3.63, 3.8) is 0 Å². The standard InChI is InChI=1S/C15H18Cl2N2O5S/c1-25(22,23)19-6-4-10(5-7-19)15(21)24-9-14(20)18-11-2-3-12(16)13(17)8-11/h2-3,8,10H,4-7,9H2,1H3,(H,18,20). The SMILES string of the molecule is CS(=O)(=O)N1CCC(C(=O)OCC(=O)Nc2ccc(Cl)c(Cl)c2)CC1. The zero-order valence-corrected chi connectivity index (χ0v) is 15.8. The van der Waals surface area contributed by atoms with Gasteiger partial charge in [0.05, 0.1) is 22.2 Å². The topological polar surface area (TPSA) is 92.8 Å². The van der Waals surface area contributed by atoms with Crippen LogP contribution in [-0.4, -0.2) is 50.6 Å². The van der Waals surface area contributed by atoms with Crippen molar-refractivity contribution in [1.29, 1.82) is 0 Å². The molecule has 0 unspecified atom stereocenters. The number of nitrogens with zero attached hydrogens (tertiary/aromatic N) is 1. The predicted octanol–water partition coefficient (Wildman–Crippen LogP) is 2.15. The summed E-state index contributed by atoms with van der Waals surface area (Å²) in [5, 5.41) is 3.22. The summed E-state index contributed by atoms with van der Waals surface area (Å²) in [4.78, 5) is 23.8. The van der Waals surface area contributed by atoms with Gasteiger partial charge < -0.3 is 10.1 Å². The van der Waals surface area contributed by atoms with Crippen LogP contribution in [0.5, 0.6) is 0 Å². The van der Waals surface area contributed by atoms with Crippen molar-refractivity contribution < 1.29 is 22.7 Å². The first-order valence-corrected chi connectivity index (χ1v) is 10.1. The Kier molecular flexibility index (Phi) is 6.67. The molecular formula is C15H18Cl2N2O5S. The van der Waals surface area contributed by atoms with E-state index in [0.717, 1.165) is 6.26 Å². The van der Waals surface area contributed by atoms with E-state index in [1.54, 1.807) is 12.1 Å². The minimum Gasteiger partial charge on any atom is -0.455 e. The van der Waals surface area contributed by atoms with Gasteiger partial charge in [0.2, 0.25) is 10.0 Å². The Morgan fingerprint density at radius 2 is 1.88 bits per heavy atom. The van der Waals surface area contributed by atoms with E-state index >= 15 is 0 Å². The first-order chi connectivity index (χ1) is 11.7. The molecule has 1 amide bonds. The normalized spacial score (nSPS) is 16.4. The summed E-state index contributed by atoms with van der Waals surface area (Å²) in [6.07, 6.45) is 1.89. The molecule has 1 aromatic carbocycles. The maximum atomic E-state index is 12.0. The molecule has 25 heavy (non-hydrogen) atoms. The summed E-state index contributed by atoms with van der Waals surface area (Å²) in [6.45, 7) is 0.119. The van der Waals surface area contributed by atoms with Gasteiger partial charge in [0.1, 0.15) is 0 Å². The van der Waals surface area contributed by atoms with E-state index < -0.39 is 34.4 Å². The smallest absolute Gasteiger partial charge is 0.309 e. The number of sulfonamides is 1. The van der Waals surface area contributed by atoms with E-state index in [1.807, 2.05) is 0 Å². The van der Waals surface area contributed by atoms with Crippen molar-refractivity contribution in [2.75, 3.05) is 31.3 Å². The molecule has 1 aliphatic rings. The fraction of sp³-hybridized carbons (Fsp3) is 0.467.